The van der Waals surface area contributed by atoms with Gasteiger partial charge in [-0.15, -0.1) is 10.2 Å². The highest BCUT2D eigenvalue weighted by molar-refractivity contribution is 7.98. The highest BCUT2D eigenvalue weighted by Crippen LogP contribution is 2.29. The molecule has 2 rings (SSSR count). The number of benzene rings is 1. The van der Waals surface area contributed by atoms with E-state index in [-0.39, 0.29) is 0 Å². The second kappa shape index (κ2) is 6.98. The van der Waals surface area contributed by atoms with Crippen molar-refractivity contribution in [2.45, 2.75) is 31.7 Å². The molecule has 114 valence electrons. The number of hydrogen-bond donors (Lipinski definition) is 0. The summed E-state index contributed by atoms with van der Waals surface area (Å²) in [6, 6.07) is 5.33. The van der Waals surface area contributed by atoms with Crippen molar-refractivity contribution in [1.29, 1.82) is 0 Å². The number of halogens is 3. The Morgan fingerprint density at radius 1 is 1.14 bits per heavy atom. The van der Waals surface area contributed by atoms with Crippen molar-refractivity contribution in [3.8, 4) is 0 Å². The molecule has 0 saturated heterocycles. The Bertz CT molecular complexity index is 566. The molecule has 0 N–H and O–H groups in total. The predicted octanol–water partition coefficient (Wildman–Crippen LogP) is 4.26. The van der Waals surface area contributed by atoms with E-state index in [0.717, 1.165) is 36.3 Å². The predicted molar refractivity (Wildman–Crippen MR) is 75.0 cm³/mol. The molecular formula is C14H15F3N2OS. The van der Waals surface area contributed by atoms with Gasteiger partial charge in [0, 0.05) is 6.92 Å². The molecule has 0 unspecified atom stereocenters. The zero-order valence-electron chi connectivity index (χ0n) is 11.5. The highest BCUT2D eigenvalue weighted by atomic mass is 32.2. The minimum Gasteiger partial charge on any atom is -0.425 e. The molecule has 7 heteroatoms. The number of nitrogens with zero attached hydrogens (tertiary/aromatic N) is 2. The third-order valence-corrected chi connectivity index (χ3v) is 3.86. The number of thioether (sulfide) groups is 1. The average Bonchev–Trinajstić information content (AvgIpc) is 2.84. The molecule has 0 fully saturated rings. The maximum absolute atomic E-state index is 12.4. The fourth-order valence-corrected chi connectivity index (χ4v) is 2.58. The van der Waals surface area contributed by atoms with E-state index in [9.17, 15) is 13.2 Å². The molecule has 0 amide bonds. The Morgan fingerprint density at radius 2 is 1.86 bits per heavy atom. The number of aromatic nitrogens is 2. The molecule has 2 aromatic rings. The van der Waals surface area contributed by atoms with Crippen molar-refractivity contribution in [3.05, 3.63) is 47.2 Å². The first-order chi connectivity index (χ1) is 9.95. The maximum atomic E-state index is 12.4. The summed E-state index contributed by atoms with van der Waals surface area (Å²) in [5.41, 5.74) is 0.310. The number of hydrogen-bond acceptors (Lipinski definition) is 4. The lowest BCUT2D eigenvalue weighted by atomic mass is 10.1. The summed E-state index contributed by atoms with van der Waals surface area (Å²) >= 11 is 1.67. The van der Waals surface area contributed by atoms with E-state index in [1.54, 1.807) is 18.7 Å². The van der Waals surface area contributed by atoms with E-state index in [0.29, 0.717) is 17.5 Å². The molecule has 21 heavy (non-hydrogen) atoms. The van der Waals surface area contributed by atoms with Crippen molar-refractivity contribution in [2.75, 3.05) is 5.75 Å². The van der Waals surface area contributed by atoms with E-state index < -0.39 is 11.7 Å². The summed E-state index contributed by atoms with van der Waals surface area (Å²) in [5, 5.41) is 7.63. The Kier molecular flexibility index (Phi) is 5.27. The molecule has 0 aliphatic heterocycles. The first-order valence-corrected chi connectivity index (χ1v) is 7.63. The highest BCUT2D eigenvalue weighted by Gasteiger charge is 2.29. The lowest BCUT2D eigenvalue weighted by molar-refractivity contribution is -0.137. The third-order valence-electron chi connectivity index (χ3n) is 2.83. The molecular weight excluding hydrogens is 301 g/mol. The standard InChI is InChI=1S/C14H15F3N2OS/c1-10-18-19-13(20-10)9-21-8-2-3-11-4-6-12(7-5-11)14(15,16)17/h4-7H,2-3,8-9H2,1H3. The van der Waals surface area contributed by atoms with Crippen molar-refractivity contribution in [1.82, 2.24) is 10.2 Å². The van der Waals surface area contributed by atoms with E-state index in [1.165, 1.54) is 12.1 Å². The van der Waals surface area contributed by atoms with Crippen LogP contribution in [0.25, 0.3) is 0 Å². The molecule has 0 spiro atoms. The van der Waals surface area contributed by atoms with E-state index in [1.807, 2.05) is 0 Å². The van der Waals surface area contributed by atoms with Crippen molar-refractivity contribution in [2.24, 2.45) is 0 Å². The van der Waals surface area contributed by atoms with Gasteiger partial charge in [-0.1, -0.05) is 12.1 Å². The van der Waals surface area contributed by atoms with Gasteiger partial charge >= 0.3 is 6.18 Å². The van der Waals surface area contributed by atoms with Gasteiger partial charge in [0.15, 0.2) is 0 Å². The van der Waals surface area contributed by atoms with Crippen LogP contribution in [0, 0.1) is 6.92 Å². The van der Waals surface area contributed by atoms with Crippen LogP contribution in [0.15, 0.2) is 28.7 Å². The van der Waals surface area contributed by atoms with Crippen LogP contribution in [-0.2, 0) is 18.3 Å². The number of aryl methyl sites for hydroxylation is 2. The molecule has 3 nitrogen and oxygen atoms in total. The van der Waals surface area contributed by atoms with Gasteiger partial charge < -0.3 is 4.42 Å². The van der Waals surface area contributed by atoms with E-state index in [4.69, 9.17) is 4.42 Å². The molecule has 1 aromatic carbocycles. The molecule has 1 heterocycles. The van der Waals surface area contributed by atoms with Crippen LogP contribution in [0.2, 0.25) is 0 Å². The van der Waals surface area contributed by atoms with Gasteiger partial charge in [-0.2, -0.15) is 24.9 Å². The molecule has 0 aliphatic rings. The van der Waals surface area contributed by atoms with Crippen LogP contribution in [0.4, 0.5) is 13.2 Å². The summed E-state index contributed by atoms with van der Waals surface area (Å²) in [7, 11) is 0. The maximum Gasteiger partial charge on any atom is 0.416 e. The van der Waals surface area contributed by atoms with Gasteiger partial charge in [0.2, 0.25) is 11.8 Å². The van der Waals surface area contributed by atoms with Gasteiger partial charge in [0.25, 0.3) is 0 Å². The summed E-state index contributed by atoms with van der Waals surface area (Å²) in [4.78, 5) is 0. The summed E-state index contributed by atoms with van der Waals surface area (Å²) < 4.78 is 42.5. The first-order valence-electron chi connectivity index (χ1n) is 6.48. The zero-order valence-corrected chi connectivity index (χ0v) is 12.3. The SMILES string of the molecule is Cc1nnc(CSCCCc2ccc(C(F)(F)F)cc2)o1. The van der Waals surface area contributed by atoms with Crippen LogP contribution in [0.3, 0.4) is 0 Å². The van der Waals surface area contributed by atoms with Crippen LogP contribution in [-0.4, -0.2) is 16.0 Å². The lowest BCUT2D eigenvalue weighted by Crippen LogP contribution is -2.04. The summed E-state index contributed by atoms with van der Waals surface area (Å²) in [5.74, 6) is 2.71. The Labute approximate surface area is 124 Å². The van der Waals surface area contributed by atoms with E-state index >= 15 is 0 Å². The van der Waals surface area contributed by atoms with Crippen LogP contribution < -0.4 is 0 Å². The monoisotopic (exact) mass is 316 g/mol. The normalized spacial score (nSPS) is 11.8. The van der Waals surface area contributed by atoms with Crippen molar-refractivity contribution in [3.63, 3.8) is 0 Å². The van der Waals surface area contributed by atoms with Crippen molar-refractivity contribution < 1.29 is 17.6 Å². The quantitative estimate of drug-likeness (QED) is 0.746. The smallest absolute Gasteiger partial charge is 0.416 e. The first kappa shape index (κ1) is 15.9. The van der Waals surface area contributed by atoms with Crippen molar-refractivity contribution >= 4 is 11.8 Å². The largest absolute Gasteiger partial charge is 0.425 e. The lowest BCUT2D eigenvalue weighted by Gasteiger charge is -2.07. The minimum atomic E-state index is -4.27. The van der Waals surface area contributed by atoms with Gasteiger partial charge in [-0.25, -0.2) is 0 Å². The Hall–Kier alpha value is -1.50. The Morgan fingerprint density at radius 3 is 2.43 bits per heavy atom. The summed E-state index contributed by atoms with van der Waals surface area (Å²) in [6.07, 6.45) is -2.62. The fraction of sp³-hybridized carbons (Fsp3) is 0.429. The third kappa shape index (κ3) is 5.08. The second-order valence-corrected chi connectivity index (χ2v) is 5.67. The molecule has 0 aliphatic carbocycles. The number of alkyl halides is 3. The fourth-order valence-electron chi connectivity index (χ4n) is 1.79. The van der Waals surface area contributed by atoms with Gasteiger partial charge in [-0.05, 0) is 36.3 Å². The van der Waals surface area contributed by atoms with Gasteiger partial charge in [0.05, 0.1) is 11.3 Å². The molecule has 1 aromatic heterocycles. The van der Waals surface area contributed by atoms with Crippen LogP contribution in [0.1, 0.15) is 29.3 Å². The average molecular weight is 316 g/mol. The topological polar surface area (TPSA) is 38.9 Å². The number of rotatable bonds is 6. The van der Waals surface area contributed by atoms with Gasteiger partial charge in [0.1, 0.15) is 0 Å². The minimum absolute atomic E-state index is 0.551. The Balaban J connectivity index is 1.69. The second-order valence-electron chi connectivity index (χ2n) is 4.57. The zero-order chi connectivity index (χ0) is 15.3. The summed E-state index contributed by atoms with van der Waals surface area (Å²) in [6.45, 7) is 1.74. The molecule has 0 radical (unpaired) electrons. The molecule has 0 saturated carbocycles. The van der Waals surface area contributed by atoms with E-state index in [2.05, 4.69) is 10.2 Å². The molecule has 0 bridgehead atoms. The van der Waals surface area contributed by atoms with Gasteiger partial charge in [-0.3, -0.25) is 0 Å². The molecule has 0 atom stereocenters. The van der Waals surface area contributed by atoms with Crippen LogP contribution in [0.5, 0.6) is 0 Å². The van der Waals surface area contributed by atoms with Crippen LogP contribution >= 0.6 is 11.8 Å².